The summed E-state index contributed by atoms with van der Waals surface area (Å²) in [5, 5.41) is 4.37. The summed E-state index contributed by atoms with van der Waals surface area (Å²) in [5.41, 5.74) is 0. The number of methoxy groups -OCH3 is 1. The largest absolute Gasteiger partial charge is 0.469 e. The van der Waals surface area contributed by atoms with Crippen LogP contribution in [0.15, 0.2) is 0 Å². The Kier molecular flexibility index (Phi) is 7.36. The lowest BCUT2D eigenvalue weighted by molar-refractivity contribution is -0.140. The van der Waals surface area contributed by atoms with E-state index in [1.54, 1.807) is 0 Å². The summed E-state index contributed by atoms with van der Waals surface area (Å²) < 4.78 is 4.49. The van der Waals surface area contributed by atoms with Crippen molar-refractivity contribution in [3.05, 3.63) is 0 Å². The van der Waals surface area contributed by atoms with E-state index in [0.29, 0.717) is 0 Å². The van der Waals surface area contributed by atoms with Gasteiger partial charge in [0.15, 0.2) is 0 Å². The average Bonchev–Trinajstić information content (AvgIpc) is 2.26. The van der Waals surface area contributed by atoms with Crippen LogP contribution in [-0.4, -0.2) is 43.1 Å². The van der Waals surface area contributed by atoms with Gasteiger partial charge in [-0.3, -0.25) is 14.9 Å². The third kappa shape index (κ3) is 7.10. The summed E-state index contributed by atoms with van der Waals surface area (Å²) in [5.74, 6) is -0.571. The van der Waals surface area contributed by atoms with Crippen LogP contribution in [0.3, 0.4) is 0 Å². The van der Waals surface area contributed by atoms with Gasteiger partial charge in [0.2, 0.25) is 5.91 Å². The molecule has 16 heavy (non-hydrogen) atoms. The zero-order valence-electron chi connectivity index (χ0n) is 9.53. The third-order valence-electron chi connectivity index (χ3n) is 1.66. The third-order valence-corrected chi connectivity index (χ3v) is 2.83. The molecule has 0 fully saturated rings. The summed E-state index contributed by atoms with van der Waals surface area (Å²) in [6.45, 7) is 1.81. The molecule has 1 atom stereocenters. The molecule has 1 unspecified atom stereocenters. The number of thioether (sulfide) groups is 1. The normalized spacial score (nSPS) is 11.4. The minimum atomic E-state index is -0.536. The van der Waals surface area contributed by atoms with E-state index < -0.39 is 6.03 Å². The van der Waals surface area contributed by atoms with Gasteiger partial charge in [-0.1, -0.05) is 6.92 Å². The highest BCUT2D eigenvalue weighted by Crippen LogP contribution is 2.13. The van der Waals surface area contributed by atoms with Crippen molar-refractivity contribution in [1.82, 2.24) is 10.6 Å². The van der Waals surface area contributed by atoms with Crippen LogP contribution < -0.4 is 10.6 Å². The van der Waals surface area contributed by atoms with Crippen molar-refractivity contribution in [1.29, 1.82) is 0 Å². The second-order valence-electron chi connectivity index (χ2n) is 3.03. The highest BCUT2D eigenvalue weighted by Gasteiger charge is 2.12. The van der Waals surface area contributed by atoms with Crippen LogP contribution in [0.1, 0.15) is 13.3 Å². The molecule has 0 aromatic rings. The Morgan fingerprint density at radius 1 is 1.38 bits per heavy atom. The number of hydrogen-bond donors (Lipinski definition) is 2. The lowest BCUT2D eigenvalue weighted by Gasteiger charge is -2.09. The molecular formula is C9H16N2O4S. The standard InChI is InChI=1S/C9H16N2O4S/c1-6(4-8(13)15-3)16-5-7(12)11-9(14)10-2/h6H,4-5H2,1-3H3,(H2,10,11,12,14). The van der Waals surface area contributed by atoms with Crippen LogP contribution in [0.2, 0.25) is 0 Å². The molecule has 0 heterocycles. The van der Waals surface area contributed by atoms with Gasteiger partial charge in [-0.25, -0.2) is 4.79 Å². The Hall–Kier alpha value is -1.24. The number of amides is 3. The van der Waals surface area contributed by atoms with Crippen LogP contribution >= 0.6 is 11.8 Å². The SMILES string of the molecule is CNC(=O)NC(=O)CSC(C)CC(=O)OC. The van der Waals surface area contributed by atoms with Crippen molar-refractivity contribution in [3.8, 4) is 0 Å². The van der Waals surface area contributed by atoms with Crippen LogP contribution in [0, 0.1) is 0 Å². The number of carbonyl (C=O) groups excluding carboxylic acids is 3. The van der Waals surface area contributed by atoms with E-state index in [1.165, 1.54) is 25.9 Å². The van der Waals surface area contributed by atoms with E-state index in [1.807, 2.05) is 6.92 Å². The Morgan fingerprint density at radius 2 is 2.00 bits per heavy atom. The summed E-state index contributed by atoms with van der Waals surface area (Å²) in [7, 11) is 2.74. The highest BCUT2D eigenvalue weighted by molar-refractivity contribution is 8.00. The van der Waals surface area contributed by atoms with Crippen molar-refractivity contribution >= 4 is 29.7 Å². The number of imide groups is 1. The van der Waals surface area contributed by atoms with E-state index in [2.05, 4.69) is 15.4 Å². The fraction of sp³-hybridized carbons (Fsp3) is 0.667. The summed E-state index contributed by atoms with van der Waals surface area (Å²) >= 11 is 1.29. The molecular weight excluding hydrogens is 232 g/mol. The number of rotatable bonds is 5. The molecule has 92 valence electrons. The minimum Gasteiger partial charge on any atom is -0.469 e. The van der Waals surface area contributed by atoms with Gasteiger partial charge < -0.3 is 10.1 Å². The lowest BCUT2D eigenvalue weighted by Crippen LogP contribution is -2.38. The second kappa shape index (κ2) is 7.98. The summed E-state index contributed by atoms with van der Waals surface area (Å²) in [6, 6.07) is -0.536. The molecule has 7 heteroatoms. The van der Waals surface area contributed by atoms with Gasteiger partial charge in [-0.15, -0.1) is 11.8 Å². The van der Waals surface area contributed by atoms with E-state index in [4.69, 9.17) is 0 Å². The number of nitrogens with one attached hydrogen (secondary N) is 2. The number of ether oxygens (including phenoxy) is 1. The molecule has 0 aromatic heterocycles. The van der Waals surface area contributed by atoms with E-state index >= 15 is 0 Å². The van der Waals surface area contributed by atoms with Crippen LogP contribution in [0.4, 0.5) is 4.79 Å². The van der Waals surface area contributed by atoms with Gasteiger partial charge in [0, 0.05) is 12.3 Å². The topological polar surface area (TPSA) is 84.5 Å². The van der Waals surface area contributed by atoms with Gasteiger partial charge in [0.05, 0.1) is 19.3 Å². The molecule has 0 aliphatic rings. The van der Waals surface area contributed by atoms with Crippen molar-refractivity contribution in [2.24, 2.45) is 0 Å². The first-order valence-corrected chi connectivity index (χ1v) is 5.74. The second-order valence-corrected chi connectivity index (χ2v) is 4.46. The van der Waals surface area contributed by atoms with Crippen LogP contribution in [0.5, 0.6) is 0 Å². The Morgan fingerprint density at radius 3 is 2.50 bits per heavy atom. The molecule has 0 aliphatic heterocycles. The van der Waals surface area contributed by atoms with E-state index in [9.17, 15) is 14.4 Å². The molecule has 0 bridgehead atoms. The zero-order valence-corrected chi connectivity index (χ0v) is 10.3. The molecule has 2 N–H and O–H groups in total. The number of urea groups is 1. The maximum Gasteiger partial charge on any atom is 0.321 e. The fourth-order valence-electron chi connectivity index (χ4n) is 0.820. The molecule has 0 saturated heterocycles. The van der Waals surface area contributed by atoms with Crippen molar-refractivity contribution in [2.45, 2.75) is 18.6 Å². The molecule has 0 spiro atoms. The first kappa shape index (κ1) is 14.8. The Balaban J connectivity index is 3.74. The minimum absolute atomic E-state index is 0.0251. The predicted octanol–water partition coefficient (Wildman–Crippen LogP) is 0.127. The maximum absolute atomic E-state index is 11.2. The van der Waals surface area contributed by atoms with E-state index in [-0.39, 0.29) is 29.3 Å². The van der Waals surface area contributed by atoms with Gasteiger partial charge in [0.1, 0.15) is 0 Å². The highest BCUT2D eigenvalue weighted by atomic mass is 32.2. The molecule has 0 aliphatic carbocycles. The Bertz CT molecular complexity index is 270. The molecule has 0 rings (SSSR count). The first-order valence-electron chi connectivity index (χ1n) is 4.69. The quantitative estimate of drug-likeness (QED) is 0.675. The van der Waals surface area contributed by atoms with Crippen molar-refractivity contribution < 1.29 is 19.1 Å². The van der Waals surface area contributed by atoms with Crippen LogP contribution in [-0.2, 0) is 14.3 Å². The van der Waals surface area contributed by atoms with Crippen LogP contribution in [0.25, 0.3) is 0 Å². The lowest BCUT2D eigenvalue weighted by atomic mass is 10.3. The summed E-state index contributed by atoms with van der Waals surface area (Å²) in [6.07, 6.45) is 0.244. The Labute approximate surface area is 98.5 Å². The fourth-order valence-corrected chi connectivity index (χ4v) is 1.58. The van der Waals surface area contributed by atoms with Gasteiger partial charge in [0.25, 0.3) is 0 Å². The van der Waals surface area contributed by atoms with E-state index in [0.717, 1.165) is 0 Å². The molecule has 0 saturated carbocycles. The number of carbonyl (C=O) groups is 3. The van der Waals surface area contributed by atoms with Gasteiger partial charge in [-0.05, 0) is 0 Å². The first-order chi connectivity index (χ1) is 7.49. The molecule has 3 amide bonds. The molecule has 0 aromatic carbocycles. The van der Waals surface area contributed by atoms with Gasteiger partial charge >= 0.3 is 12.0 Å². The number of esters is 1. The average molecular weight is 248 g/mol. The molecule has 6 nitrogen and oxygen atoms in total. The smallest absolute Gasteiger partial charge is 0.321 e. The predicted molar refractivity (Wildman–Crippen MR) is 61.2 cm³/mol. The van der Waals surface area contributed by atoms with Gasteiger partial charge in [-0.2, -0.15) is 0 Å². The summed E-state index contributed by atoms with van der Waals surface area (Å²) in [4.78, 5) is 32.8. The van der Waals surface area contributed by atoms with Crippen molar-refractivity contribution in [3.63, 3.8) is 0 Å². The molecule has 0 radical (unpaired) electrons. The van der Waals surface area contributed by atoms with Crippen molar-refractivity contribution in [2.75, 3.05) is 19.9 Å². The zero-order chi connectivity index (χ0) is 12.6. The monoisotopic (exact) mass is 248 g/mol. The maximum atomic E-state index is 11.2. The number of hydrogen-bond acceptors (Lipinski definition) is 5.